The Balaban J connectivity index is 1.84. The second-order valence-electron chi connectivity index (χ2n) is 8.79. The molecule has 0 fully saturated rings. The van der Waals surface area contributed by atoms with Gasteiger partial charge < -0.3 is 19.1 Å². The summed E-state index contributed by atoms with van der Waals surface area (Å²) < 4.78 is 17.2. The Kier molecular flexibility index (Phi) is 7.30. The third-order valence-electron chi connectivity index (χ3n) is 7.03. The van der Waals surface area contributed by atoms with Crippen molar-refractivity contribution in [1.29, 1.82) is 0 Å². The van der Waals surface area contributed by atoms with Crippen LogP contribution in [-0.4, -0.2) is 33.4 Å². The molecular formula is C29H36N2O3. The minimum atomic E-state index is 0.133. The van der Waals surface area contributed by atoms with Crippen LogP contribution in [0.25, 0.3) is 11.3 Å². The van der Waals surface area contributed by atoms with Crippen molar-refractivity contribution in [2.75, 3.05) is 33.3 Å². The molecule has 1 heterocycles. The van der Waals surface area contributed by atoms with Crippen molar-refractivity contribution in [3.8, 4) is 28.5 Å². The third-order valence-corrected chi connectivity index (χ3v) is 7.03. The minimum absolute atomic E-state index is 0.133. The van der Waals surface area contributed by atoms with Gasteiger partial charge in [0.25, 0.3) is 0 Å². The lowest BCUT2D eigenvalue weighted by atomic mass is 9.87. The number of aryl methyl sites for hydroxylation is 3. The first-order valence-corrected chi connectivity index (χ1v) is 12.2. The molecule has 5 heteroatoms. The van der Waals surface area contributed by atoms with Crippen molar-refractivity contribution in [2.24, 2.45) is 0 Å². The Bertz CT molecular complexity index is 1120. The van der Waals surface area contributed by atoms with E-state index in [4.69, 9.17) is 19.2 Å². The van der Waals surface area contributed by atoms with Crippen LogP contribution < -0.4 is 19.1 Å². The standard InChI is InChI=1S/C29H36N2O3/c1-7-19-11-9-12-20(8-2)28(19)23-18-27(34-6)29-22(30-23)13-10-14-24(29)31(3)25-17-21(32-4)15-16-26(25)33-5/h9,11-12,15-18,24H,7-8,10,13-14H2,1-6H3. The molecule has 0 saturated carbocycles. The van der Waals surface area contributed by atoms with E-state index in [-0.39, 0.29) is 6.04 Å². The largest absolute Gasteiger partial charge is 0.497 e. The Morgan fingerprint density at radius 1 is 0.912 bits per heavy atom. The number of aromatic nitrogens is 1. The molecule has 3 aromatic rings. The fourth-order valence-corrected chi connectivity index (χ4v) is 5.23. The first kappa shape index (κ1) is 23.9. The van der Waals surface area contributed by atoms with Crippen LogP contribution in [0.4, 0.5) is 5.69 Å². The van der Waals surface area contributed by atoms with E-state index < -0.39 is 0 Å². The minimum Gasteiger partial charge on any atom is -0.497 e. The van der Waals surface area contributed by atoms with Gasteiger partial charge in [0.1, 0.15) is 17.2 Å². The zero-order valence-corrected chi connectivity index (χ0v) is 21.3. The zero-order valence-electron chi connectivity index (χ0n) is 21.3. The average molecular weight is 461 g/mol. The number of hydrogen-bond acceptors (Lipinski definition) is 5. The molecule has 1 aliphatic carbocycles. The maximum atomic E-state index is 6.02. The summed E-state index contributed by atoms with van der Waals surface area (Å²) in [6, 6.07) is 14.8. The van der Waals surface area contributed by atoms with E-state index in [1.54, 1.807) is 21.3 Å². The number of ether oxygens (including phenoxy) is 3. The maximum absolute atomic E-state index is 6.02. The van der Waals surface area contributed by atoms with Crippen molar-refractivity contribution in [3.63, 3.8) is 0 Å². The molecular weight excluding hydrogens is 424 g/mol. The predicted molar refractivity (Wildman–Crippen MR) is 139 cm³/mol. The molecule has 180 valence electrons. The van der Waals surface area contributed by atoms with Crippen LogP contribution in [0.3, 0.4) is 0 Å². The first-order valence-electron chi connectivity index (χ1n) is 12.2. The van der Waals surface area contributed by atoms with Crippen LogP contribution in [0, 0.1) is 0 Å². The van der Waals surface area contributed by atoms with Gasteiger partial charge in [-0.3, -0.25) is 4.98 Å². The summed E-state index contributed by atoms with van der Waals surface area (Å²) in [4.78, 5) is 7.53. The number of anilines is 1. The zero-order chi connectivity index (χ0) is 24.2. The molecule has 0 saturated heterocycles. The molecule has 1 atom stereocenters. The average Bonchev–Trinajstić information content (AvgIpc) is 2.90. The van der Waals surface area contributed by atoms with E-state index >= 15 is 0 Å². The molecule has 2 aromatic carbocycles. The molecule has 1 unspecified atom stereocenters. The molecule has 5 nitrogen and oxygen atoms in total. The van der Waals surface area contributed by atoms with Crippen molar-refractivity contribution in [3.05, 3.63) is 64.8 Å². The lowest BCUT2D eigenvalue weighted by Crippen LogP contribution is -2.29. The second kappa shape index (κ2) is 10.4. The van der Waals surface area contributed by atoms with E-state index in [1.807, 2.05) is 18.2 Å². The number of fused-ring (bicyclic) bond motifs is 1. The molecule has 0 aliphatic heterocycles. The van der Waals surface area contributed by atoms with Crippen LogP contribution in [0.1, 0.15) is 55.1 Å². The van der Waals surface area contributed by atoms with Gasteiger partial charge in [-0.05, 0) is 55.4 Å². The van der Waals surface area contributed by atoms with Crippen molar-refractivity contribution in [1.82, 2.24) is 4.98 Å². The third kappa shape index (κ3) is 4.31. The van der Waals surface area contributed by atoms with Crippen LogP contribution in [0.15, 0.2) is 42.5 Å². The van der Waals surface area contributed by atoms with Crippen LogP contribution in [-0.2, 0) is 19.3 Å². The predicted octanol–water partition coefficient (Wildman–Crippen LogP) is 6.41. The molecule has 0 N–H and O–H groups in total. The molecule has 1 aliphatic rings. The van der Waals surface area contributed by atoms with E-state index in [2.05, 4.69) is 50.1 Å². The highest BCUT2D eigenvalue weighted by atomic mass is 16.5. The van der Waals surface area contributed by atoms with Gasteiger partial charge in [-0.25, -0.2) is 0 Å². The highest BCUT2D eigenvalue weighted by Crippen LogP contribution is 2.45. The Labute approximate surface area is 203 Å². The molecule has 0 radical (unpaired) electrons. The monoisotopic (exact) mass is 460 g/mol. The van der Waals surface area contributed by atoms with Gasteiger partial charge in [0.15, 0.2) is 0 Å². The number of benzene rings is 2. The molecule has 0 bridgehead atoms. The summed E-state index contributed by atoms with van der Waals surface area (Å²) in [5.74, 6) is 2.54. The summed E-state index contributed by atoms with van der Waals surface area (Å²) in [6.07, 6.45) is 5.00. The van der Waals surface area contributed by atoms with Gasteiger partial charge in [0.2, 0.25) is 0 Å². The van der Waals surface area contributed by atoms with Gasteiger partial charge in [-0.1, -0.05) is 32.0 Å². The van der Waals surface area contributed by atoms with E-state index in [0.717, 1.165) is 66.4 Å². The molecule has 1 aromatic heterocycles. The molecule has 0 spiro atoms. The lowest BCUT2D eigenvalue weighted by Gasteiger charge is -2.36. The van der Waals surface area contributed by atoms with Gasteiger partial charge >= 0.3 is 0 Å². The fraction of sp³-hybridized carbons (Fsp3) is 0.414. The van der Waals surface area contributed by atoms with Crippen molar-refractivity contribution in [2.45, 2.75) is 52.0 Å². The number of pyridine rings is 1. The Morgan fingerprint density at radius 2 is 1.62 bits per heavy atom. The number of rotatable bonds is 8. The van der Waals surface area contributed by atoms with Gasteiger partial charge in [-0.15, -0.1) is 0 Å². The maximum Gasteiger partial charge on any atom is 0.142 e. The summed E-state index contributed by atoms with van der Waals surface area (Å²) >= 11 is 0. The highest BCUT2D eigenvalue weighted by molar-refractivity contribution is 5.71. The summed E-state index contributed by atoms with van der Waals surface area (Å²) in [5, 5.41) is 0. The normalized spacial score (nSPS) is 14.9. The number of hydrogen-bond donors (Lipinski definition) is 0. The number of methoxy groups -OCH3 is 3. The van der Waals surface area contributed by atoms with Crippen LogP contribution in [0.2, 0.25) is 0 Å². The van der Waals surface area contributed by atoms with Crippen LogP contribution in [0.5, 0.6) is 17.2 Å². The quantitative estimate of drug-likeness (QED) is 0.388. The summed E-state index contributed by atoms with van der Waals surface area (Å²) in [6.45, 7) is 4.42. The van der Waals surface area contributed by atoms with Crippen LogP contribution >= 0.6 is 0 Å². The Morgan fingerprint density at radius 3 is 2.24 bits per heavy atom. The number of nitrogens with zero attached hydrogens (tertiary/aromatic N) is 2. The SMILES string of the molecule is CCc1cccc(CC)c1-c1cc(OC)c2c(n1)CCCC2N(C)c1cc(OC)ccc1OC. The Hall–Kier alpha value is -3.21. The fourth-order valence-electron chi connectivity index (χ4n) is 5.23. The van der Waals surface area contributed by atoms with E-state index in [1.165, 1.54) is 22.3 Å². The second-order valence-corrected chi connectivity index (χ2v) is 8.79. The summed E-state index contributed by atoms with van der Waals surface area (Å²) in [7, 11) is 7.28. The van der Waals surface area contributed by atoms with Gasteiger partial charge in [-0.2, -0.15) is 0 Å². The molecule has 34 heavy (non-hydrogen) atoms. The smallest absolute Gasteiger partial charge is 0.142 e. The topological polar surface area (TPSA) is 43.8 Å². The first-order chi connectivity index (χ1) is 16.6. The van der Waals surface area contributed by atoms with E-state index in [9.17, 15) is 0 Å². The van der Waals surface area contributed by atoms with Gasteiger partial charge in [0.05, 0.1) is 44.4 Å². The highest BCUT2D eigenvalue weighted by Gasteiger charge is 2.31. The molecule has 4 rings (SSSR count). The lowest BCUT2D eigenvalue weighted by molar-refractivity contribution is 0.390. The van der Waals surface area contributed by atoms with Crippen molar-refractivity contribution < 1.29 is 14.2 Å². The van der Waals surface area contributed by atoms with Crippen molar-refractivity contribution >= 4 is 5.69 Å². The van der Waals surface area contributed by atoms with E-state index in [0.29, 0.717) is 0 Å². The summed E-state index contributed by atoms with van der Waals surface area (Å²) in [5.41, 5.74) is 8.25. The molecule has 0 amide bonds. The van der Waals surface area contributed by atoms with Gasteiger partial charge in [0, 0.05) is 30.3 Å².